The Hall–Kier alpha value is -0.600. The Balaban J connectivity index is 2.81. The van der Waals surface area contributed by atoms with E-state index in [4.69, 9.17) is 11.6 Å². The van der Waals surface area contributed by atoms with Gasteiger partial charge in [-0.15, -0.1) is 0 Å². The number of fused-ring (bicyclic) bond motifs is 1. The summed E-state index contributed by atoms with van der Waals surface area (Å²) in [6.45, 7) is 0. The maximum Gasteiger partial charge on any atom is 0.0481 e. The molecular weight excluding hydrogens is 202 g/mol. The molecule has 0 radical (unpaired) electrons. The predicted molar refractivity (Wildman–Crippen MR) is 60.6 cm³/mol. The van der Waals surface area contributed by atoms with Gasteiger partial charge in [-0.2, -0.15) is 12.6 Å². The maximum absolute atomic E-state index is 5.92. The van der Waals surface area contributed by atoms with E-state index in [0.717, 1.165) is 10.8 Å². The van der Waals surface area contributed by atoms with Crippen LogP contribution in [0.1, 0.15) is 5.56 Å². The van der Waals surface area contributed by atoms with Gasteiger partial charge in [-0.25, -0.2) is 0 Å². The number of halogens is 1. The molecule has 0 aliphatic heterocycles. The fourth-order valence-electron chi connectivity index (χ4n) is 1.57. The molecule has 2 rings (SSSR count). The molecule has 1 nitrogen and oxygen atoms in total. The predicted octanol–water partition coefficient (Wildman–Crippen LogP) is 3.26. The number of thiol groups is 1. The fraction of sp³-hybridized carbons (Fsp3) is 0.200. The summed E-state index contributed by atoms with van der Waals surface area (Å²) in [5.74, 6) is 0.748. The fourth-order valence-corrected chi connectivity index (χ4v) is 2.00. The summed E-state index contributed by atoms with van der Waals surface area (Å²) in [6, 6.07) is 5.93. The van der Waals surface area contributed by atoms with Gasteiger partial charge in [-0.1, -0.05) is 11.6 Å². The van der Waals surface area contributed by atoms with E-state index in [9.17, 15) is 0 Å². The van der Waals surface area contributed by atoms with Crippen LogP contribution in [0.2, 0.25) is 5.02 Å². The van der Waals surface area contributed by atoms with Gasteiger partial charge in [0.25, 0.3) is 0 Å². The van der Waals surface area contributed by atoms with Crippen LogP contribution in [-0.4, -0.2) is 4.57 Å². The van der Waals surface area contributed by atoms with E-state index >= 15 is 0 Å². The van der Waals surface area contributed by atoms with Gasteiger partial charge in [-0.05, 0) is 23.8 Å². The van der Waals surface area contributed by atoms with Gasteiger partial charge in [0.05, 0.1) is 0 Å². The Morgan fingerprint density at radius 3 is 2.92 bits per heavy atom. The van der Waals surface area contributed by atoms with Gasteiger partial charge < -0.3 is 4.57 Å². The van der Waals surface area contributed by atoms with E-state index in [0.29, 0.717) is 0 Å². The van der Waals surface area contributed by atoms with Crippen LogP contribution in [0.15, 0.2) is 24.4 Å². The number of aromatic nitrogens is 1. The van der Waals surface area contributed by atoms with Crippen LogP contribution in [0, 0.1) is 0 Å². The van der Waals surface area contributed by atoms with E-state index < -0.39 is 0 Å². The molecule has 68 valence electrons. The van der Waals surface area contributed by atoms with Crippen molar-refractivity contribution >= 4 is 35.1 Å². The molecule has 1 aromatic heterocycles. The molecule has 1 aromatic carbocycles. The Morgan fingerprint density at radius 1 is 1.46 bits per heavy atom. The zero-order valence-electron chi connectivity index (χ0n) is 7.29. The molecule has 0 spiro atoms. The first-order valence-electron chi connectivity index (χ1n) is 4.06. The lowest BCUT2D eigenvalue weighted by molar-refractivity contribution is 0.963. The van der Waals surface area contributed by atoms with Crippen molar-refractivity contribution in [1.29, 1.82) is 0 Å². The maximum atomic E-state index is 5.92. The molecule has 0 saturated heterocycles. The normalized spacial score (nSPS) is 11.0. The molecule has 0 unspecified atom stereocenters. The van der Waals surface area contributed by atoms with Crippen molar-refractivity contribution in [2.45, 2.75) is 5.75 Å². The van der Waals surface area contributed by atoms with Crippen LogP contribution in [0.5, 0.6) is 0 Å². The molecule has 0 amide bonds. The van der Waals surface area contributed by atoms with E-state index in [-0.39, 0.29) is 0 Å². The first kappa shape index (κ1) is 8.97. The molecule has 0 aliphatic rings. The molecule has 3 heteroatoms. The van der Waals surface area contributed by atoms with Gasteiger partial charge in [0.1, 0.15) is 0 Å². The SMILES string of the molecule is Cn1cc(CS)c2cc(Cl)ccc21. The van der Waals surface area contributed by atoms with Gasteiger partial charge in [0.2, 0.25) is 0 Å². The lowest BCUT2D eigenvalue weighted by atomic mass is 10.2. The average Bonchev–Trinajstić information content (AvgIpc) is 2.42. The first-order valence-corrected chi connectivity index (χ1v) is 5.07. The number of aryl methyl sites for hydroxylation is 1. The molecule has 0 atom stereocenters. The lowest BCUT2D eigenvalue weighted by Crippen LogP contribution is -1.82. The second-order valence-electron chi connectivity index (χ2n) is 3.08. The monoisotopic (exact) mass is 211 g/mol. The Bertz CT molecular complexity index is 447. The van der Waals surface area contributed by atoms with Gasteiger partial charge in [-0.3, -0.25) is 0 Å². The van der Waals surface area contributed by atoms with Crippen molar-refractivity contribution in [3.63, 3.8) is 0 Å². The third-order valence-corrected chi connectivity index (χ3v) is 2.78. The zero-order valence-corrected chi connectivity index (χ0v) is 8.94. The highest BCUT2D eigenvalue weighted by atomic mass is 35.5. The number of nitrogens with zero attached hydrogens (tertiary/aromatic N) is 1. The van der Waals surface area contributed by atoms with E-state index in [1.54, 1.807) is 0 Å². The molecule has 2 aromatic rings. The Kier molecular flexibility index (Phi) is 2.26. The standard InChI is InChI=1S/C10H10ClNS/c1-12-5-7(6-13)9-4-8(11)2-3-10(9)12/h2-5,13H,6H2,1H3. The quantitative estimate of drug-likeness (QED) is 0.691. The molecule has 0 N–H and O–H groups in total. The van der Waals surface area contributed by atoms with Gasteiger partial charge in [0.15, 0.2) is 0 Å². The topological polar surface area (TPSA) is 4.93 Å². The zero-order chi connectivity index (χ0) is 9.42. The minimum Gasteiger partial charge on any atom is -0.350 e. The molecule has 0 fully saturated rings. The summed E-state index contributed by atoms with van der Waals surface area (Å²) < 4.78 is 2.09. The summed E-state index contributed by atoms with van der Waals surface area (Å²) in [6.07, 6.45) is 2.09. The molecule has 1 heterocycles. The summed E-state index contributed by atoms with van der Waals surface area (Å²) in [5.41, 5.74) is 2.43. The smallest absolute Gasteiger partial charge is 0.0481 e. The highest BCUT2D eigenvalue weighted by Gasteiger charge is 2.04. The second kappa shape index (κ2) is 3.28. The molecular formula is C10H10ClNS. The van der Waals surface area contributed by atoms with Crippen molar-refractivity contribution in [1.82, 2.24) is 4.57 Å². The van der Waals surface area contributed by atoms with E-state index in [2.05, 4.69) is 23.4 Å². The highest BCUT2D eigenvalue weighted by molar-refractivity contribution is 7.79. The van der Waals surface area contributed by atoms with Crippen LogP contribution >= 0.6 is 24.2 Å². The summed E-state index contributed by atoms with van der Waals surface area (Å²) >= 11 is 10.2. The summed E-state index contributed by atoms with van der Waals surface area (Å²) in [7, 11) is 2.03. The van der Waals surface area contributed by atoms with Crippen molar-refractivity contribution in [3.05, 3.63) is 35.0 Å². The lowest BCUT2D eigenvalue weighted by Gasteiger charge is -1.95. The van der Waals surface area contributed by atoms with Gasteiger partial charge in [0, 0.05) is 34.9 Å². The minimum absolute atomic E-state index is 0.748. The third kappa shape index (κ3) is 1.45. The second-order valence-corrected chi connectivity index (χ2v) is 3.84. The van der Waals surface area contributed by atoms with Crippen LogP contribution in [0.3, 0.4) is 0 Å². The van der Waals surface area contributed by atoms with Crippen molar-refractivity contribution in [2.75, 3.05) is 0 Å². The van der Waals surface area contributed by atoms with Crippen molar-refractivity contribution in [3.8, 4) is 0 Å². The van der Waals surface area contributed by atoms with E-state index in [1.807, 2.05) is 25.2 Å². The van der Waals surface area contributed by atoms with Gasteiger partial charge >= 0.3 is 0 Å². The van der Waals surface area contributed by atoms with Crippen molar-refractivity contribution in [2.24, 2.45) is 7.05 Å². The minimum atomic E-state index is 0.748. The first-order chi connectivity index (χ1) is 6.22. The molecule has 13 heavy (non-hydrogen) atoms. The summed E-state index contributed by atoms with van der Waals surface area (Å²) in [5, 5.41) is 1.98. The van der Waals surface area contributed by atoms with E-state index in [1.165, 1.54) is 16.5 Å². The molecule has 0 aliphatic carbocycles. The largest absolute Gasteiger partial charge is 0.350 e. The van der Waals surface area contributed by atoms with Crippen LogP contribution in [0.4, 0.5) is 0 Å². The Labute approximate surface area is 87.7 Å². The number of hydrogen-bond acceptors (Lipinski definition) is 1. The average molecular weight is 212 g/mol. The highest BCUT2D eigenvalue weighted by Crippen LogP contribution is 2.24. The Morgan fingerprint density at radius 2 is 2.23 bits per heavy atom. The number of hydrogen-bond donors (Lipinski definition) is 1. The van der Waals surface area contributed by atoms with Crippen LogP contribution in [0.25, 0.3) is 10.9 Å². The molecule has 0 saturated carbocycles. The molecule has 0 bridgehead atoms. The van der Waals surface area contributed by atoms with Crippen molar-refractivity contribution < 1.29 is 0 Å². The number of rotatable bonds is 1. The third-order valence-electron chi connectivity index (χ3n) is 2.20. The number of benzene rings is 1. The summed E-state index contributed by atoms with van der Waals surface area (Å²) in [4.78, 5) is 0. The van der Waals surface area contributed by atoms with Crippen LogP contribution in [-0.2, 0) is 12.8 Å². The van der Waals surface area contributed by atoms with Crippen LogP contribution < -0.4 is 0 Å².